The summed E-state index contributed by atoms with van der Waals surface area (Å²) in [4.78, 5) is 25.6. The predicted octanol–water partition coefficient (Wildman–Crippen LogP) is 1.90. The van der Waals surface area contributed by atoms with Gasteiger partial charge >= 0.3 is 5.97 Å². The van der Waals surface area contributed by atoms with Crippen molar-refractivity contribution in [1.29, 1.82) is 0 Å². The number of hydrogen-bond acceptors (Lipinski definition) is 3. The van der Waals surface area contributed by atoms with Crippen molar-refractivity contribution in [3.63, 3.8) is 0 Å². The molecule has 18 heavy (non-hydrogen) atoms. The molecule has 2 aliphatic rings. The Bertz CT molecular complexity index is 351. The van der Waals surface area contributed by atoms with Crippen LogP contribution in [0, 0.1) is 5.92 Å². The fourth-order valence-electron chi connectivity index (χ4n) is 2.56. The smallest absolute Gasteiger partial charge is 0.306 e. The van der Waals surface area contributed by atoms with E-state index in [0.29, 0.717) is 19.4 Å². The highest BCUT2D eigenvalue weighted by molar-refractivity contribution is 5.79. The maximum Gasteiger partial charge on any atom is 0.306 e. The van der Waals surface area contributed by atoms with Gasteiger partial charge in [0.15, 0.2) is 0 Å². The second-order valence-corrected chi connectivity index (χ2v) is 5.16. The highest BCUT2D eigenvalue weighted by Gasteiger charge is 2.31. The van der Waals surface area contributed by atoms with Crippen molar-refractivity contribution in [3.8, 4) is 0 Å². The topological polar surface area (TPSA) is 46.6 Å². The van der Waals surface area contributed by atoms with E-state index in [1.54, 1.807) is 0 Å². The summed E-state index contributed by atoms with van der Waals surface area (Å²) in [5.41, 5.74) is 0. The molecule has 4 heteroatoms. The van der Waals surface area contributed by atoms with E-state index in [1.807, 2.05) is 24.0 Å². The molecule has 0 N–H and O–H groups in total. The summed E-state index contributed by atoms with van der Waals surface area (Å²) in [6.45, 7) is 3.13. The van der Waals surface area contributed by atoms with Gasteiger partial charge in [-0.3, -0.25) is 9.59 Å². The number of cyclic esters (lactones) is 1. The van der Waals surface area contributed by atoms with E-state index < -0.39 is 0 Å². The average molecular weight is 251 g/mol. The van der Waals surface area contributed by atoms with Crippen LogP contribution < -0.4 is 0 Å². The van der Waals surface area contributed by atoms with Gasteiger partial charge in [-0.25, -0.2) is 0 Å². The Labute approximate surface area is 108 Å². The molecule has 100 valence electrons. The third-order valence-corrected chi connectivity index (χ3v) is 3.69. The Morgan fingerprint density at radius 1 is 1.33 bits per heavy atom. The van der Waals surface area contributed by atoms with Gasteiger partial charge in [0.25, 0.3) is 0 Å². The van der Waals surface area contributed by atoms with Crippen molar-refractivity contribution >= 4 is 11.9 Å². The molecule has 1 fully saturated rings. The number of allylic oxidation sites excluding steroid dienone is 2. The molecular formula is C14H21NO3. The average Bonchev–Trinajstić information content (AvgIpc) is 2.81. The lowest BCUT2D eigenvalue weighted by Crippen LogP contribution is -2.41. The minimum atomic E-state index is -0.160. The largest absolute Gasteiger partial charge is 0.463 e. The molecule has 4 nitrogen and oxygen atoms in total. The number of esters is 1. The molecule has 2 aliphatic heterocycles. The lowest BCUT2D eigenvalue weighted by Gasteiger charge is -2.27. The standard InChI is InChI=1S/C14H21NO3/c1-11-6-3-2-4-8-13(16)18-10-12-7-5-9-15(12)14(11)17/h2-3,11-12H,4-10H2,1H3/b3-2-/t11-,12-/m1/s1. The molecule has 0 saturated carbocycles. The van der Waals surface area contributed by atoms with Crippen molar-refractivity contribution in [3.05, 3.63) is 12.2 Å². The van der Waals surface area contributed by atoms with Gasteiger partial charge < -0.3 is 9.64 Å². The molecule has 0 aromatic rings. The third-order valence-electron chi connectivity index (χ3n) is 3.69. The molecule has 2 heterocycles. The highest BCUT2D eigenvalue weighted by Crippen LogP contribution is 2.22. The zero-order valence-electron chi connectivity index (χ0n) is 10.9. The fraction of sp³-hybridized carbons (Fsp3) is 0.714. The van der Waals surface area contributed by atoms with Crippen molar-refractivity contribution < 1.29 is 14.3 Å². The van der Waals surface area contributed by atoms with Crippen LogP contribution in [0.1, 0.15) is 39.0 Å². The minimum absolute atomic E-state index is 0.0250. The lowest BCUT2D eigenvalue weighted by molar-refractivity contribution is -0.148. The summed E-state index contributed by atoms with van der Waals surface area (Å²) < 4.78 is 5.25. The first-order valence-electron chi connectivity index (χ1n) is 6.79. The fourth-order valence-corrected chi connectivity index (χ4v) is 2.56. The van der Waals surface area contributed by atoms with Gasteiger partial charge in [-0.2, -0.15) is 0 Å². The summed E-state index contributed by atoms with van der Waals surface area (Å²) in [7, 11) is 0. The van der Waals surface area contributed by atoms with Crippen molar-refractivity contribution in [1.82, 2.24) is 4.90 Å². The lowest BCUT2D eigenvalue weighted by atomic mass is 10.0. The van der Waals surface area contributed by atoms with Crippen LogP contribution >= 0.6 is 0 Å². The Morgan fingerprint density at radius 3 is 3.00 bits per heavy atom. The Morgan fingerprint density at radius 2 is 2.17 bits per heavy atom. The van der Waals surface area contributed by atoms with Gasteiger partial charge in [0.05, 0.1) is 6.04 Å². The molecule has 0 spiro atoms. The van der Waals surface area contributed by atoms with Crippen LogP contribution in [0.15, 0.2) is 12.2 Å². The van der Waals surface area contributed by atoms with E-state index in [0.717, 1.165) is 25.8 Å². The molecule has 0 aromatic carbocycles. The SMILES string of the molecule is C[C@@H]1C/C=C\CCC(=O)OC[C@H]2CCCN2C1=O. The van der Waals surface area contributed by atoms with E-state index in [4.69, 9.17) is 4.74 Å². The number of fused-ring (bicyclic) bond motifs is 1. The van der Waals surface area contributed by atoms with Crippen molar-refractivity contribution in [2.45, 2.75) is 45.1 Å². The van der Waals surface area contributed by atoms with Crippen LogP contribution in [-0.2, 0) is 14.3 Å². The Hall–Kier alpha value is -1.32. The van der Waals surface area contributed by atoms with Crippen LogP contribution in [0.4, 0.5) is 0 Å². The number of hydrogen-bond donors (Lipinski definition) is 0. The Kier molecular flexibility index (Phi) is 4.39. The molecule has 0 aromatic heterocycles. The molecule has 2 rings (SSSR count). The summed E-state index contributed by atoms with van der Waals surface area (Å²) >= 11 is 0. The number of ether oxygens (including phenoxy) is 1. The molecular weight excluding hydrogens is 230 g/mol. The molecule has 1 amide bonds. The molecule has 0 unspecified atom stereocenters. The highest BCUT2D eigenvalue weighted by atomic mass is 16.5. The van der Waals surface area contributed by atoms with Gasteiger partial charge in [-0.15, -0.1) is 0 Å². The van der Waals surface area contributed by atoms with E-state index in [9.17, 15) is 9.59 Å². The van der Waals surface area contributed by atoms with Crippen LogP contribution in [-0.4, -0.2) is 36.0 Å². The first-order chi connectivity index (χ1) is 8.68. The molecule has 0 radical (unpaired) electrons. The van der Waals surface area contributed by atoms with Crippen molar-refractivity contribution in [2.24, 2.45) is 5.92 Å². The second kappa shape index (κ2) is 6.03. The minimum Gasteiger partial charge on any atom is -0.463 e. The van der Waals surface area contributed by atoms with Crippen LogP contribution in [0.25, 0.3) is 0 Å². The zero-order chi connectivity index (χ0) is 13.0. The number of amides is 1. The number of nitrogens with zero attached hydrogens (tertiary/aromatic N) is 1. The van der Waals surface area contributed by atoms with E-state index in [-0.39, 0.29) is 23.8 Å². The van der Waals surface area contributed by atoms with Gasteiger partial charge in [-0.05, 0) is 25.7 Å². The number of rotatable bonds is 0. The van der Waals surface area contributed by atoms with Crippen molar-refractivity contribution in [2.75, 3.05) is 13.2 Å². The maximum absolute atomic E-state index is 12.3. The third kappa shape index (κ3) is 3.12. The number of carbonyl (C=O) groups is 2. The second-order valence-electron chi connectivity index (χ2n) is 5.16. The summed E-state index contributed by atoms with van der Waals surface area (Å²) in [5, 5.41) is 0. The van der Waals surface area contributed by atoms with Gasteiger partial charge in [0.1, 0.15) is 6.61 Å². The van der Waals surface area contributed by atoms with Crippen LogP contribution in [0.3, 0.4) is 0 Å². The zero-order valence-corrected chi connectivity index (χ0v) is 10.9. The molecule has 0 bridgehead atoms. The summed E-state index contributed by atoms with van der Waals surface area (Å²) in [6.07, 6.45) is 7.82. The summed E-state index contributed by atoms with van der Waals surface area (Å²) in [6, 6.07) is 0.0901. The van der Waals surface area contributed by atoms with E-state index in [1.165, 1.54) is 0 Å². The monoisotopic (exact) mass is 251 g/mol. The first kappa shape index (κ1) is 13.1. The molecule has 2 atom stereocenters. The summed E-state index contributed by atoms with van der Waals surface area (Å²) in [5.74, 6) is 0.0586. The van der Waals surface area contributed by atoms with E-state index >= 15 is 0 Å². The first-order valence-corrected chi connectivity index (χ1v) is 6.79. The van der Waals surface area contributed by atoms with Crippen LogP contribution in [0.2, 0.25) is 0 Å². The molecule has 1 saturated heterocycles. The molecule has 0 aliphatic carbocycles. The maximum atomic E-state index is 12.3. The van der Waals surface area contributed by atoms with Crippen LogP contribution in [0.5, 0.6) is 0 Å². The predicted molar refractivity (Wildman–Crippen MR) is 67.8 cm³/mol. The normalized spacial score (nSPS) is 32.2. The Balaban J connectivity index is 2.08. The number of carbonyl (C=O) groups excluding carboxylic acids is 2. The quantitative estimate of drug-likeness (QED) is 0.488. The van der Waals surface area contributed by atoms with E-state index in [2.05, 4.69) is 0 Å². The van der Waals surface area contributed by atoms with Gasteiger partial charge in [-0.1, -0.05) is 19.1 Å². The van der Waals surface area contributed by atoms with Gasteiger partial charge in [0.2, 0.25) is 5.91 Å². The van der Waals surface area contributed by atoms with Gasteiger partial charge in [0, 0.05) is 18.9 Å².